The molecule has 0 aliphatic heterocycles. The molecule has 0 saturated heterocycles. The molecule has 20 heavy (non-hydrogen) atoms. The SMILES string of the molecule is COc1ccc(C)cc1NC(C)c1cc(F)cc(F)c1. The maximum atomic E-state index is 13.2. The summed E-state index contributed by atoms with van der Waals surface area (Å²) in [5.74, 6) is -0.464. The molecular formula is C16H17F2NO. The summed E-state index contributed by atoms with van der Waals surface area (Å²) in [6, 6.07) is 9.00. The lowest BCUT2D eigenvalue weighted by atomic mass is 10.1. The highest BCUT2D eigenvalue weighted by Crippen LogP contribution is 2.29. The van der Waals surface area contributed by atoms with E-state index in [1.54, 1.807) is 7.11 Å². The number of hydrogen-bond donors (Lipinski definition) is 1. The first-order chi connectivity index (χ1) is 9.49. The van der Waals surface area contributed by atoms with E-state index in [1.807, 2.05) is 32.0 Å². The summed E-state index contributed by atoms with van der Waals surface area (Å²) < 4.78 is 31.8. The quantitative estimate of drug-likeness (QED) is 0.891. The van der Waals surface area contributed by atoms with Crippen molar-refractivity contribution in [3.05, 3.63) is 59.2 Å². The van der Waals surface area contributed by atoms with Crippen molar-refractivity contribution in [2.45, 2.75) is 19.9 Å². The summed E-state index contributed by atoms with van der Waals surface area (Å²) in [6.07, 6.45) is 0. The maximum absolute atomic E-state index is 13.2. The van der Waals surface area contributed by atoms with Crippen LogP contribution in [0.2, 0.25) is 0 Å². The van der Waals surface area contributed by atoms with E-state index in [0.717, 1.165) is 17.3 Å². The Morgan fingerprint density at radius 3 is 2.30 bits per heavy atom. The topological polar surface area (TPSA) is 21.3 Å². The molecule has 0 aliphatic carbocycles. The van der Waals surface area contributed by atoms with Crippen LogP contribution in [0.25, 0.3) is 0 Å². The van der Waals surface area contributed by atoms with E-state index in [0.29, 0.717) is 11.3 Å². The van der Waals surface area contributed by atoms with Crippen molar-refractivity contribution < 1.29 is 13.5 Å². The van der Waals surface area contributed by atoms with Crippen molar-refractivity contribution in [2.75, 3.05) is 12.4 Å². The Bertz CT molecular complexity index is 593. The second-order valence-corrected chi connectivity index (χ2v) is 4.77. The minimum atomic E-state index is -0.579. The summed E-state index contributed by atoms with van der Waals surface area (Å²) in [5.41, 5.74) is 2.42. The highest BCUT2D eigenvalue weighted by atomic mass is 19.1. The fourth-order valence-electron chi connectivity index (χ4n) is 2.08. The van der Waals surface area contributed by atoms with E-state index in [1.165, 1.54) is 12.1 Å². The Kier molecular flexibility index (Phi) is 4.23. The molecule has 1 atom stereocenters. The van der Waals surface area contributed by atoms with Gasteiger partial charge in [-0.1, -0.05) is 6.07 Å². The van der Waals surface area contributed by atoms with Crippen molar-refractivity contribution >= 4 is 5.69 Å². The molecule has 106 valence electrons. The first-order valence-corrected chi connectivity index (χ1v) is 6.37. The third-order valence-corrected chi connectivity index (χ3v) is 3.11. The average molecular weight is 277 g/mol. The molecule has 0 heterocycles. The second-order valence-electron chi connectivity index (χ2n) is 4.77. The lowest BCUT2D eigenvalue weighted by Crippen LogP contribution is -2.08. The smallest absolute Gasteiger partial charge is 0.141 e. The van der Waals surface area contributed by atoms with Gasteiger partial charge in [-0.25, -0.2) is 8.78 Å². The van der Waals surface area contributed by atoms with Crippen molar-refractivity contribution in [1.29, 1.82) is 0 Å². The molecule has 0 spiro atoms. The number of rotatable bonds is 4. The van der Waals surface area contributed by atoms with Crippen LogP contribution >= 0.6 is 0 Å². The number of ether oxygens (including phenoxy) is 1. The zero-order valence-corrected chi connectivity index (χ0v) is 11.7. The van der Waals surface area contributed by atoms with Crippen LogP contribution in [0.5, 0.6) is 5.75 Å². The molecule has 0 amide bonds. The lowest BCUT2D eigenvalue weighted by molar-refractivity contribution is 0.416. The van der Waals surface area contributed by atoms with E-state index < -0.39 is 11.6 Å². The van der Waals surface area contributed by atoms with E-state index in [9.17, 15) is 8.78 Å². The zero-order chi connectivity index (χ0) is 14.7. The van der Waals surface area contributed by atoms with Gasteiger partial charge in [0.05, 0.1) is 12.8 Å². The normalized spacial score (nSPS) is 12.1. The highest BCUT2D eigenvalue weighted by Gasteiger charge is 2.11. The molecule has 0 aromatic heterocycles. The molecular weight excluding hydrogens is 260 g/mol. The van der Waals surface area contributed by atoms with E-state index in [-0.39, 0.29) is 6.04 Å². The van der Waals surface area contributed by atoms with Gasteiger partial charge in [0.25, 0.3) is 0 Å². The number of benzene rings is 2. The number of anilines is 1. The monoisotopic (exact) mass is 277 g/mol. The van der Waals surface area contributed by atoms with Crippen LogP contribution in [0.4, 0.5) is 14.5 Å². The van der Waals surface area contributed by atoms with Crippen LogP contribution < -0.4 is 10.1 Å². The first-order valence-electron chi connectivity index (χ1n) is 6.37. The largest absolute Gasteiger partial charge is 0.495 e. The third kappa shape index (κ3) is 3.26. The number of methoxy groups -OCH3 is 1. The minimum Gasteiger partial charge on any atom is -0.495 e. The summed E-state index contributed by atoms with van der Waals surface area (Å²) >= 11 is 0. The number of hydrogen-bond acceptors (Lipinski definition) is 2. The van der Waals surface area contributed by atoms with Gasteiger partial charge in [0.1, 0.15) is 17.4 Å². The number of nitrogens with one attached hydrogen (secondary N) is 1. The molecule has 0 radical (unpaired) electrons. The Balaban J connectivity index is 2.27. The number of halogens is 2. The molecule has 4 heteroatoms. The van der Waals surface area contributed by atoms with Crippen LogP contribution in [-0.4, -0.2) is 7.11 Å². The Morgan fingerprint density at radius 2 is 1.70 bits per heavy atom. The minimum absolute atomic E-state index is 0.240. The Hall–Kier alpha value is -2.10. The summed E-state index contributed by atoms with van der Waals surface area (Å²) in [6.45, 7) is 3.81. The van der Waals surface area contributed by atoms with Crippen molar-refractivity contribution in [2.24, 2.45) is 0 Å². The molecule has 0 fully saturated rings. The van der Waals surface area contributed by atoms with Gasteiger partial charge in [-0.3, -0.25) is 0 Å². The van der Waals surface area contributed by atoms with Gasteiger partial charge in [-0.05, 0) is 49.2 Å². The summed E-state index contributed by atoms with van der Waals surface area (Å²) in [7, 11) is 1.59. The maximum Gasteiger partial charge on any atom is 0.141 e. The Labute approximate surface area is 117 Å². The molecule has 2 aromatic carbocycles. The average Bonchev–Trinajstić information content (AvgIpc) is 2.37. The van der Waals surface area contributed by atoms with Gasteiger partial charge in [0.15, 0.2) is 0 Å². The van der Waals surface area contributed by atoms with E-state index in [2.05, 4.69) is 5.32 Å². The fraction of sp³-hybridized carbons (Fsp3) is 0.250. The zero-order valence-electron chi connectivity index (χ0n) is 11.7. The van der Waals surface area contributed by atoms with Crippen LogP contribution in [0.3, 0.4) is 0 Å². The van der Waals surface area contributed by atoms with Crippen LogP contribution in [0.1, 0.15) is 24.1 Å². The standard InChI is InChI=1S/C16H17F2NO/c1-10-4-5-16(20-3)15(6-10)19-11(2)12-7-13(17)9-14(18)8-12/h4-9,11,19H,1-3H3. The second kappa shape index (κ2) is 5.90. The van der Waals surface area contributed by atoms with Crippen LogP contribution in [-0.2, 0) is 0 Å². The van der Waals surface area contributed by atoms with E-state index in [4.69, 9.17) is 4.74 Å². The lowest BCUT2D eigenvalue weighted by Gasteiger charge is -2.18. The first kappa shape index (κ1) is 14.3. The molecule has 1 N–H and O–H groups in total. The van der Waals surface area contributed by atoms with Crippen molar-refractivity contribution in [1.82, 2.24) is 0 Å². The third-order valence-electron chi connectivity index (χ3n) is 3.11. The summed E-state index contributed by atoms with van der Waals surface area (Å²) in [4.78, 5) is 0. The van der Waals surface area contributed by atoms with Gasteiger partial charge < -0.3 is 10.1 Å². The van der Waals surface area contributed by atoms with Crippen molar-refractivity contribution in [3.8, 4) is 5.75 Å². The number of aryl methyl sites for hydroxylation is 1. The molecule has 1 unspecified atom stereocenters. The molecule has 2 rings (SSSR count). The molecule has 0 bridgehead atoms. The highest BCUT2D eigenvalue weighted by molar-refractivity contribution is 5.59. The van der Waals surface area contributed by atoms with Gasteiger partial charge in [0.2, 0.25) is 0 Å². The van der Waals surface area contributed by atoms with Gasteiger partial charge in [-0.15, -0.1) is 0 Å². The van der Waals surface area contributed by atoms with Gasteiger partial charge in [0, 0.05) is 12.1 Å². The molecule has 0 aliphatic rings. The molecule has 2 nitrogen and oxygen atoms in total. The van der Waals surface area contributed by atoms with Crippen LogP contribution in [0.15, 0.2) is 36.4 Å². The van der Waals surface area contributed by atoms with Gasteiger partial charge >= 0.3 is 0 Å². The van der Waals surface area contributed by atoms with Gasteiger partial charge in [-0.2, -0.15) is 0 Å². The van der Waals surface area contributed by atoms with Crippen LogP contribution in [0, 0.1) is 18.6 Å². The fourth-order valence-corrected chi connectivity index (χ4v) is 2.08. The summed E-state index contributed by atoms with van der Waals surface area (Å²) in [5, 5.41) is 3.21. The molecule has 0 saturated carbocycles. The van der Waals surface area contributed by atoms with Crippen molar-refractivity contribution in [3.63, 3.8) is 0 Å². The predicted molar refractivity (Wildman–Crippen MR) is 76.1 cm³/mol. The Morgan fingerprint density at radius 1 is 1.05 bits per heavy atom. The predicted octanol–water partition coefficient (Wildman–Crippen LogP) is 4.45. The molecule has 2 aromatic rings. The van der Waals surface area contributed by atoms with E-state index >= 15 is 0 Å².